The minimum absolute atomic E-state index is 0. The van der Waals surface area contributed by atoms with E-state index in [-0.39, 0.29) is 12.4 Å². The summed E-state index contributed by atoms with van der Waals surface area (Å²) >= 11 is 0. The van der Waals surface area contributed by atoms with Crippen molar-refractivity contribution in [1.29, 1.82) is 0 Å². The van der Waals surface area contributed by atoms with Gasteiger partial charge in [-0.15, -0.1) is 12.4 Å². The first-order chi connectivity index (χ1) is 6.90. The summed E-state index contributed by atoms with van der Waals surface area (Å²) in [6, 6.07) is 13.8. The van der Waals surface area contributed by atoms with E-state index >= 15 is 0 Å². The van der Waals surface area contributed by atoms with E-state index in [0.29, 0.717) is 6.54 Å². The first kappa shape index (κ1) is 11.6. The molecule has 0 radical (unpaired) electrons. The number of aromatic nitrogens is 2. The van der Waals surface area contributed by atoms with Crippen LogP contribution < -0.4 is 5.73 Å². The quantitative estimate of drug-likeness (QED) is 0.844. The lowest BCUT2D eigenvalue weighted by Gasteiger charge is -1.99. The molecule has 15 heavy (non-hydrogen) atoms. The van der Waals surface area contributed by atoms with E-state index in [1.165, 1.54) is 0 Å². The standard InChI is InChI=1S/C11H11N3.ClH/c12-8-10-6-7-11(14-13-10)9-4-2-1-3-5-9;/h1-7H,8,12H2;1H. The first-order valence-electron chi connectivity index (χ1n) is 4.48. The maximum atomic E-state index is 5.44. The number of hydrogen-bond donors (Lipinski definition) is 1. The molecule has 2 N–H and O–H groups in total. The van der Waals surface area contributed by atoms with Crippen molar-refractivity contribution in [2.75, 3.05) is 0 Å². The van der Waals surface area contributed by atoms with Crippen molar-refractivity contribution in [3.63, 3.8) is 0 Å². The molecule has 0 saturated carbocycles. The van der Waals surface area contributed by atoms with E-state index in [0.717, 1.165) is 17.0 Å². The van der Waals surface area contributed by atoms with Crippen molar-refractivity contribution in [3.05, 3.63) is 48.2 Å². The molecule has 1 heterocycles. The van der Waals surface area contributed by atoms with Crippen molar-refractivity contribution < 1.29 is 0 Å². The zero-order valence-corrected chi connectivity index (χ0v) is 8.95. The molecule has 0 fully saturated rings. The highest BCUT2D eigenvalue weighted by atomic mass is 35.5. The molecule has 4 heteroatoms. The van der Waals surface area contributed by atoms with Crippen molar-refractivity contribution in [2.24, 2.45) is 5.73 Å². The molecule has 0 atom stereocenters. The molecule has 0 bridgehead atoms. The van der Waals surface area contributed by atoms with Crippen LogP contribution in [0.1, 0.15) is 5.69 Å². The van der Waals surface area contributed by atoms with Crippen molar-refractivity contribution in [3.8, 4) is 11.3 Å². The summed E-state index contributed by atoms with van der Waals surface area (Å²) < 4.78 is 0. The minimum Gasteiger partial charge on any atom is -0.325 e. The van der Waals surface area contributed by atoms with Crippen LogP contribution in [0.25, 0.3) is 11.3 Å². The third kappa shape index (κ3) is 2.75. The number of nitrogens with two attached hydrogens (primary N) is 1. The van der Waals surface area contributed by atoms with Crippen LogP contribution >= 0.6 is 12.4 Å². The molecule has 78 valence electrons. The lowest BCUT2D eigenvalue weighted by Crippen LogP contribution is -2.01. The average molecular weight is 222 g/mol. The first-order valence-corrected chi connectivity index (χ1v) is 4.48. The average Bonchev–Trinajstić information content (AvgIpc) is 2.30. The molecule has 0 aliphatic heterocycles. The third-order valence-corrected chi connectivity index (χ3v) is 2.00. The lowest BCUT2D eigenvalue weighted by atomic mass is 10.1. The fourth-order valence-corrected chi connectivity index (χ4v) is 1.23. The molecular formula is C11H12ClN3. The zero-order chi connectivity index (χ0) is 9.80. The highest BCUT2D eigenvalue weighted by Crippen LogP contribution is 2.14. The normalized spacial score (nSPS) is 9.40. The highest BCUT2D eigenvalue weighted by molar-refractivity contribution is 5.85. The van der Waals surface area contributed by atoms with E-state index in [1.807, 2.05) is 42.5 Å². The Morgan fingerprint density at radius 3 is 2.20 bits per heavy atom. The van der Waals surface area contributed by atoms with Gasteiger partial charge >= 0.3 is 0 Å². The topological polar surface area (TPSA) is 51.8 Å². The summed E-state index contributed by atoms with van der Waals surface area (Å²) in [7, 11) is 0. The molecule has 1 aromatic carbocycles. The van der Waals surface area contributed by atoms with E-state index in [4.69, 9.17) is 5.73 Å². The van der Waals surface area contributed by atoms with Crippen LogP contribution in [0.3, 0.4) is 0 Å². The fraction of sp³-hybridized carbons (Fsp3) is 0.0909. The summed E-state index contributed by atoms with van der Waals surface area (Å²) in [6.07, 6.45) is 0. The van der Waals surface area contributed by atoms with Gasteiger partial charge in [0.05, 0.1) is 11.4 Å². The summed E-state index contributed by atoms with van der Waals surface area (Å²) in [5.41, 5.74) is 8.20. The van der Waals surface area contributed by atoms with Crippen LogP contribution in [0.2, 0.25) is 0 Å². The molecule has 0 unspecified atom stereocenters. The van der Waals surface area contributed by atoms with Gasteiger partial charge in [0.15, 0.2) is 0 Å². The second-order valence-corrected chi connectivity index (χ2v) is 2.98. The summed E-state index contributed by atoms with van der Waals surface area (Å²) in [5.74, 6) is 0. The van der Waals surface area contributed by atoms with Crippen molar-refractivity contribution >= 4 is 12.4 Å². The molecular weight excluding hydrogens is 210 g/mol. The minimum atomic E-state index is 0. The maximum Gasteiger partial charge on any atom is 0.0929 e. The van der Waals surface area contributed by atoms with Crippen molar-refractivity contribution in [2.45, 2.75) is 6.54 Å². The van der Waals surface area contributed by atoms with E-state index in [9.17, 15) is 0 Å². The van der Waals surface area contributed by atoms with Crippen LogP contribution in [0.15, 0.2) is 42.5 Å². The third-order valence-electron chi connectivity index (χ3n) is 2.00. The highest BCUT2D eigenvalue weighted by Gasteiger charge is 1.98. The molecule has 0 spiro atoms. The lowest BCUT2D eigenvalue weighted by molar-refractivity contribution is 0.902. The second-order valence-electron chi connectivity index (χ2n) is 2.98. The molecule has 0 aliphatic carbocycles. The van der Waals surface area contributed by atoms with Gasteiger partial charge in [-0.1, -0.05) is 30.3 Å². The zero-order valence-electron chi connectivity index (χ0n) is 8.13. The van der Waals surface area contributed by atoms with E-state index in [2.05, 4.69) is 10.2 Å². The molecule has 1 aromatic heterocycles. The Hall–Kier alpha value is -1.45. The Morgan fingerprint density at radius 1 is 0.933 bits per heavy atom. The van der Waals surface area contributed by atoms with Crippen LogP contribution in [0.4, 0.5) is 0 Å². The number of halogens is 1. The van der Waals surface area contributed by atoms with Gasteiger partial charge in [-0.2, -0.15) is 10.2 Å². The summed E-state index contributed by atoms with van der Waals surface area (Å²) in [6.45, 7) is 0.433. The Bertz CT molecular complexity index is 400. The van der Waals surface area contributed by atoms with Gasteiger partial charge in [-0.3, -0.25) is 0 Å². The monoisotopic (exact) mass is 221 g/mol. The Kier molecular flexibility index (Phi) is 4.21. The fourth-order valence-electron chi connectivity index (χ4n) is 1.23. The van der Waals surface area contributed by atoms with Crippen LogP contribution in [0.5, 0.6) is 0 Å². The van der Waals surface area contributed by atoms with Crippen molar-refractivity contribution in [1.82, 2.24) is 10.2 Å². The molecule has 2 aromatic rings. The van der Waals surface area contributed by atoms with Gasteiger partial charge in [0.2, 0.25) is 0 Å². The van der Waals surface area contributed by atoms with Crippen LogP contribution in [0, 0.1) is 0 Å². The molecule has 0 saturated heterocycles. The largest absolute Gasteiger partial charge is 0.325 e. The number of rotatable bonds is 2. The van der Waals surface area contributed by atoms with Gasteiger partial charge in [0.25, 0.3) is 0 Å². The second kappa shape index (κ2) is 5.44. The molecule has 3 nitrogen and oxygen atoms in total. The maximum absolute atomic E-state index is 5.44. The SMILES string of the molecule is Cl.NCc1ccc(-c2ccccc2)nn1. The molecule has 0 aliphatic rings. The summed E-state index contributed by atoms with van der Waals surface area (Å²) in [5, 5.41) is 8.09. The Labute approximate surface area is 94.8 Å². The number of benzene rings is 1. The Morgan fingerprint density at radius 2 is 1.67 bits per heavy atom. The number of hydrogen-bond acceptors (Lipinski definition) is 3. The van der Waals surface area contributed by atoms with Gasteiger partial charge in [0.1, 0.15) is 0 Å². The molecule has 2 rings (SSSR count). The van der Waals surface area contributed by atoms with E-state index in [1.54, 1.807) is 0 Å². The van der Waals surface area contributed by atoms with Gasteiger partial charge in [0, 0.05) is 12.1 Å². The van der Waals surface area contributed by atoms with E-state index < -0.39 is 0 Å². The predicted octanol–water partition coefficient (Wildman–Crippen LogP) is 2.02. The number of nitrogens with zero attached hydrogens (tertiary/aromatic N) is 2. The van der Waals surface area contributed by atoms with Gasteiger partial charge < -0.3 is 5.73 Å². The van der Waals surface area contributed by atoms with Crippen LogP contribution in [-0.2, 0) is 6.54 Å². The van der Waals surface area contributed by atoms with Crippen LogP contribution in [-0.4, -0.2) is 10.2 Å². The smallest absolute Gasteiger partial charge is 0.0929 e. The predicted molar refractivity (Wildman–Crippen MR) is 62.6 cm³/mol. The van der Waals surface area contributed by atoms with Gasteiger partial charge in [-0.05, 0) is 12.1 Å². The molecule has 0 amide bonds. The van der Waals surface area contributed by atoms with Gasteiger partial charge in [-0.25, -0.2) is 0 Å². The Balaban J connectivity index is 0.00000112. The summed E-state index contributed by atoms with van der Waals surface area (Å²) in [4.78, 5) is 0.